The second-order valence-electron chi connectivity index (χ2n) is 9.00. The summed E-state index contributed by atoms with van der Waals surface area (Å²) in [5.41, 5.74) is 2.60. The Labute approximate surface area is 162 Å². The Morgan fingerprint density at radius 3 is 1.12 bits per heavy atom. The van der Waals surface area contributed by atoms with Crippen molar-refractivity contribution in [1.29, 1.82) is 0 Å². The Morgan fingerprint density at radius 1 is 0.577 bits per heavy atom. The minimum atomic E-state index is -5.38. The van der Waals surface area contributed by atoms with Crippen LogP contribution >= 0.6 is 0 Å². The topological polar surface area (TPSA) is 78.4 Å². The summed E-state index contributed by atoms with van der Waals surface area (Å²) in [6.45, 7) is 2.27. The molecule has 161 valence electrons. The van der Waals surface area contributed by atoms with E-state index < -0.39 is 12.0 Å². The first-order valence-electron chi connectivity index (χ1n) is 10.9. The van der Waals surface area contributed by atoms with Crippen molar-refractivity contribution in [3.8, 4) is 0 Å². The van der Waals surface area contributed by atoms with Crippen LogP contribution in [0.25, 0.3) is 0 Å². The van der Waals surface area contributed by atoms with Crippen molar-refractivity contribution in [2.45, 2.75) is 126 Å². The summed E-state index contributed by atoms with van der Waals surface area (Å²) in [5, 5.41) is 0.193. The van der Waals surface area contributed by atoms with Gasteiger partial charge in [-0.25, -0.2) is 0 Å². The zero-order chi connectivity index (χ0) is 19.1. The molecule has 0 bridgehead atoms. The van der Waals surface area contributed by atoms with Gasteiger partial charge in [0.15, 0.2) is 0 Å². The molecule has 3 N–H and O–H groups in total. The van der Waals surface area contributed by atoms with E-state index >= 15 is 0 Å². The summed E-state index contributed by atoms with van der Waals surface area (Å²) < 4.78 is 29.6. The van der Waals surface area contributed by atoms with Gasteiger partial charge in [0.1, 0.15) is 0 Å². The zero-order valence-electron chi connectivity index (χ0n) is 18.4. The van der Waals surface area contributed by atoms with E-state index in [1.807, 2.05) is 0 Å². The van der Waals surface area contributed by atoms with Crippen LogP contribution in [0.4, 0.5) is 0 Å². The summed E-state index contributed by atoms with van der Waals surface area (Å²) in [4.78, 5) is 0. The molecule has 0 rings (SSSR count). The smallest absolute Gasteiger partial charge is 0.344 e. The summed E-state index contributed by atoms with van der Waals surface area (Å²) in [5.74, 6) is 0. The maximum Gasteiger partial charge on any atom is -0.344 e. The SMILES string of the molecule is CCCCCCCCCCCCCCCCC[CH2][V]([CH3])([CH3])(=[O])(=[O])[O]C.N. The fraction of sp³-hybridized carbons (Fsp3) is 1.00. The molecule has 0 unspecified atom stereocenters. The molecule has 5 heteroatoms. The van der Waals surface area contributed by atoms with Crippen LogP contribution in [0.15, 0.2) is 0 Å². The second kappa shape index (κ2) is 13.3. The molecule has 0 aliphatic heterocycles. The van der Waals surface area contributed by atoms with Crippen molar-refractivity contribution in [2.75, 3.05) is 7.11 Å². The fourth-order valence-electron chi connectivity index (χ4n) is 3.26. The van der Waals surface area contributed by atoms with Gasteiger partial charge in [0.05, 0.1) is 0 Å². The minimum Gasteiger partial charge on any atom is -0.344 e. The molecule has 0 radical (unpaired) electrons. The summed E-state index contributed by atoms with van der Waals surface area (Å²) in [6.07, 6.45) is 20.7. The molecule has 0 aromatic heterocycles. The fourth-order valence-corrected chi connectivity index (χ4v) is 5.49. The van der Waals surface area contributed by atoms with Crippen LogP contribution < -0.4 is 6.15 Å². The molecule has 0 aliphatic carbocycles. The molecule has 0 aromatic rings. The van der Waals surface area contributed by atoms with Crippen LogP contribution in [0.2, 0.25) is 16.4 Å². The van der Waals surface area contributed by atoms with Crippen LogP contribution in [0.1, 0.15) is 110 Å². The van der Waals surface area contributed by atoms with Crippen LogP contribution in [0.3, 0.4) is 0 Å². The predicted octanol–water partition coefficient (Wildman–Crippen LogP) is 8.40. The van der Waals surface area contributed by atoms with E-state index in [0.717, 1.165) is 19.3 Å². The third kappa shape index (κ3) is 18.9. The average Bonchev–Trinajstić information content (AvgIpc) is 2.54. The van der Waals surface area contributed by atoms with Crippen molar-refractivity contribution < 1.29 is 23.0 Å². The van der Waals surface area contributed by atoms with Gasteiger partial charge in [-0.1, -0.05) is 39.0 Å². The van der Waals surface area contributed by atoms with Gasteiger partial charge < -0.3 is 6.15 Å². The van der Waals surface area contributed by atoms with Crippen molar-refractivity contribution in [2.24, 2.45) is 0 Å². The third-order valence-corrected chi connectivity index (χ3v) is 10.1. The van der Waals surface area contributed by atoms with E-state index in [0.29, 0.717) is 0 Å². The molecule has 0 saturated heterocycles. The molecule has 0 atom stereocenters. The van der Waals surface area contributed by atoms with Crippen molar-refractivity contribution >= 4 is 0 Å². The normalized spacial score (nSPS) is 14.5. The molecule has 0 aromatic carbocycles. The molecule has 0 aliphatic rings. The molecule has 26 heavy (non-hydrogen) atoms. The first-order valence-corrected chi connectivity index (χ1v) is 16.4. The molecule has 0 heterocycles. The maximum atomic E-state index is 12.4. The van der Waals surface area contributed by atoms with Crippen molar-refractivity contribution in [1.82, 2.24) is 6.15 Å². The van der Waals surface area contributed by atoms with Crippen molar-refractivity contribution in [3.05, 3.63) is 0 Å². The monoisotopic (exact) mass is 414 g/mol. The summed E-state index contributed by atoms with van der Waals surface area (Å²) >= 11 is -5.38. The van der Waals surface area contributed by atoms with E-state index in [9.17, 15) is 7.35 Å². The first kappa shape index (κ1) is 28.3. The van der Waals surface area contributed by atoms with Gasteiger partial charge in [0.25, 0.3) is 0 Å². The van der Waals surface area contributed by atoms with Gasteiger partial charge in [-0.3, -0.25) is 0 Å². The Hall–Kier alpha value is 0.104. The molecule has 0 spiro atoms. The van der Waals surface area contributed by atoms with Crippen LogP contribution in [0, 0.1) is 0 Å². The van der Waals surface area contributed by atoms with E-state index in [1.54, 1.807) is 0 Å². The van der Waals surface area contributed by atoms with Gasteiger partial charge in [0, 0.05) is 0 Å². The Morgan fingerprint density at radius 2 is 0.846 bits per heavy atom. The molecular formula is C21H49NO3V. The van der Waals surface area contributed by atoms with E-state index in [1.165, 1.54) is 102 Å². The summed E-state index contributed by atoms with van der Waals surface area (Å²) in [6, 6.07) is 0. The first-order chi connectivity index (χ1) is 11.6. The second-order valence-corrected chi connectivity index (χ2v) is 19.0. The minimum absolute atomic E-state index is 0. The standard InChI is InChI=1S/C18H37.CH3O.2CH3.H3N.2O.V/c1-3-5-7-9-11-13-15-17-18-16-14-12-10-8-6-4-2;1-2;;;;;;/h1,3-18H2,2H3;1H3;3*1H3;;;/q;-1;;;;;;+1. The molecule has 4 nitrogen and oxygen atoms in total. The van der Waals surface area contributed by atoms with Gasteiger partial charge in [-0.05, 0) is 0 Å². The molecule has 0 saturated carbocycles. The van der Waals surface area contributed by atoms with Gasteiger partial charge in [0.2, 0.25) is 0 Å². The number of hydrogen-bond acceptors (Lipinski definition) is 4. The molecule has 0 fully saturated rings. The Kier molecular flexibility index (Phi) is 14.5. The van der Waals surface area contributed by atoms with Crippen LogP contribution in [-0.4, -0.2) is 7.11 Å². The largest absolute Gasteiger partial charge is 0.344 e. The van der Waals surface area contributed by atoms with E-state index in [2.05, 4.69) is 6.92 Å². The van der Waals surface area contributed by atoms with Crippen LogP contribution in [0.5, 0.6) is 0 Å². The quantitative estimate of drug-likeness (QED) is 0.228. The summed E-state index contributed by atoms with van der Waals surface area (Å²) in [7, 11) is 1.30. The molecule has 0 amide bonds. The predicted molar refractivity (Wildman–Crippen MR) is 109 cm³/mol. The maximum absolute atomic E-state index is 12.4. The van der Waals surface area contributed by atoms with E-state index in [-0.39, 0.29) is 11.3 Å². The Balaban J connectivity index is 0. The van der Waals surface area contributed by atoms with Gasteiger partial charge >= 0.3 is 117 Å². The number of unbranched alkanes of at least 4 members (excludes halogenated alkanes) is 15. The molecular weight excluding hydrogens is 365 g/mol. The zero-order valence-corrected chi connectivity index (χ0v) is 19.8. The third-order valence-electron chi connectivity index (χ3n) is 5.38. The average molecular weight is 415 g/mol. The Bertz CT molecular complexity index is 479. The van der Waals surface area contributed by atoms with E-state index in [4.69, 9.17) is 3.66 Å². The van der Waals surface area contributed by atoms with Crippen LogP contribution in [-0.2, 0) is 23.0 Å². The van der Waals surface area contributed by atoms with Crippen molar-refractivity contribution in [3.63, 3.8) is 0 Å². The van der Waals surface area contributed by atoms with Gasteiger partial charge in [-0.2, -0.15) is 0 Å². The number of hydrogen-bond donors (Lipinski definition) is 1. The number of rotatable bonds is 18. The van der Waals surface area contributed by atoms with Gasteiger partial charge in [-0.15, -0.1) is 0 Å².